The Balaban J connectivity index is 1.74. The topological polar surface area (TPSA) is 140 Å². The number of fused-ring (bicyclic) bond motifs is 1. The third-order valence-electron chi connectivity index (χ3n) is 5.27. The molecule has 1 atom stereocenters. The second-order valence-corrected chi connectivity index (χ2v) is 8.12. The molecule has 11 heteroatoms. The number of hydrogen-bond acceptors (Lipinski definition) is 8. The van der Waals surface area contributed by atoms with Gasteiger partial charge in [0.15, 0.2) is 0 Å². The molecule has 1 aliphatic rings. The van der Waals surface area contributed by atoms with Gasteiger partial charge in [-0.3, -0.25) is 19.8 Å². The zero-order valence-corrected chi connectivity index (χ0v) is 16.5. The minimum absolute atomic E-state index is 0.00225. The number of amides is 1. The summed E-state index contributed by atoms with van der Waals surface area (Å²) in [6.07, 6.45) is 1.25. The van der Waals surface area contributed by atoms with E-state index in [0.717, 1.165) is 5.56 Å². The number of nitro benzene ring substituents is 1. The third-order valence-corrected chi connectivity index (χ3v) is 6.34. The molecule has 0 radical (unpaired) electrons. The van der Waals surface area contributed by atoms with E-state index in [2.05, 4.69) is 15.0 Å². The Morgan fingerprint density at radius 2 is 2.00 bits per heavy atom. The Kier molecular flexibility index (Phi) is 4.92. The van der Waals surface area contributed by atoms with Crippen LogP contribution in [0.25, 0.3) is 4.96 Å². The Morgan fingerprint density at radius 1 is 1.34 bits per heavy atom. The summed E-state index contributed by atoms with van der Waals surface area (Å²) in [4.78, 5) is 29.8. The number of primary amides is 1. The maximum absolute atomic E-state index is 11.5. The average molecular weight is 416 g/mol. The molecule has 3 aromatic rings. The molecular formula is C18H20N6O4S. The summed E-state index contributed by atoms with van der Waals surface area (Å²) in [6, 6.07) is 5.97. The lowest BCUT2D eigenvalue weighted by Gasteiger charge is -2.36. The SMILES string of the molecule is Cc1nc2sc([C@H](c3ccc([N+](=O)[O-])cc3)N3CCC(C(N)=O)CC3)c(O)n2n1. The molecule has 1 saturated heterocycles. The second kappa shape index (κ2) is 7.41. The molecule has 0 bridgehead atoms. The maximum atomic E-state index is 11.5. The van der Waals surface area contributed by atoms with Gasteiger partial charge in [0.2, 0.25) is 16.7 Å². The van der Waals surface area contributed by atoms with Crippen LogP contribution < -0.4 is 5.73 Å². The Hall–Kier alpha value is -3.05. The van der Waals surface area contributed by atoms with Crippen molar-refractivity contribution in [3.63, 3.8) is 0 Å². The van der Waals surface area contributed by atoms with Crippen molar-refractivity contribution in [3.05, 3.63) is 50.6 Å². The number of likely N-dealkylation sites (tertiary alicyclic amines) is 1. The molecule has 0 unspecified atom stereocenters. The average Bonchev–Trinajstić information content (AvgIpc) is 3.20. The summed E-state index contributed by atoms with van der Waals surface area (Å²) in [5.41, 5.74) is 6.26. The van der Waals surface area contributed by atoms with E-state index in [4.69, 9.17) is 5.73 Å². The number of rotatable bonds is 5. The van der Waals surface area contributed by atoms with E-state index in [9.17, 15) is 20.0 Å². The number of non-ortho nitro benzene ring substituents is 1. The van der Waals surface area contributed by atoms with E-state index in [0.29, 0.717) is 41.6 Å². The maximum Gasteiger partial charge on any atom is 0.269 e. The number of piperidine rings is 1. The van der Waals surface area contributed by atoms with Crippen LogP contribution in [-0.4, -0.2) is 48.5 Å². The molecule has 3 heterocycles. The van der Waals surface area contributed by atoms with E-state index in [1.165, 1.54) is 28.0 Å². The van der Waals surface area contributed by atoms with Gasteiger partial charge in [0, 0.05) is 18.1 Å². The highest BCUT2D eigenvalue weighted by Gasteiger charge is 2.33. The number of aromatic nitrogens is 3. The van der Waals surface area contributed by atoms with Gasteiger partial charge in [-0.2, -0.15) is 4.52 Å². The van der Waals surface area contributed by atoms with Crippen molar-refractivity contribution in [2.24, 2.45) is 11.7 Å². The lowest BCUT2D eigenvalue weighted by molar-refractivity contribution is -0.384. The molecule has 3 N–H and O–H groups in total. The predicted octanol–water partition coefficient (Wildman–Crippen LogP) is 2.00. The van der Waals surface area contributed by atoms with Gasteiger partial charge in [0.05, 0.1) is 15.8 Å². The highest BCUT2D eigenvalue weighted by Crippen LogP contribution is 2.41. The first-order chi connectivity index (χ1) is 13.8. The molecule has 152 valence electrons. The number of benzene rings is 1. The number of nitro groups is 1. The van der Waals surface area contributed by atoms with Crippen LogP contribution in [0.3, 0.4) is 0 Å². The van der Waals surface area contributed by atoms with E-state index >= 15 is 0 Å². The third kappa shape index (κ3) is 3.54. The summed E-state index contributed by atoms with van der Waals surface area (Å²) in [5.74, 6) is 0.106. The number of thiazole rings is 1. The van der Waals surface area contributed by atoms with Crippen LogP contribution in [0, 0.1) is 23.0 Å². The summed E-state index contributed by atoms with van der Waals surface area (Å²) >= 11 is 1.33. The minimum atomic E-state index is -0.444. The van der Waals surface area contributed by atoms with Crippen LogP contribution >= 0.6 is 11.3 Å². The largest absolute Gasteiger partial charge is 0.492 e. The van der Waals surface area contributed by atoms with E-state index in [1.54, 1.807) is 19.1 Å². The van der Waals surface area contributed by atoms with Gasteiger partial charge in [-0.05, 0) is 38.4 Å². The fourth-order valence-corrected chi connectivity index (χ4v) is 4.94. The minimum Gasteiger partial charge on any atom is -0.492 e. The second-order valence-electron chi connectivity index (χ2n) is 7.11. The lowest BCUT2D eigenvalue weighted by atomic mass is 9.93. The van der Waals surface area contributed by atoms with E-state index in [-0.39, 0.29) is 29.4 Å². The zero-order valence-electron chi connectivity index (χ0n) is 15.7. The Bertz CT molecular complexity index is 1070. The van der Waals surface area contributed by atoms with Crippen molar-refractivity contribution in [2.75, 3.05) is 13.1 Å². The monoisotopic (exact) mass is 416 g/mol. The number of carbonyl (C=O) groups is 1. The standard InChI is InChI=1S/C18H20N6O4S/c1-10-20-18-23(21-10)17(26)15(29-18)14(11-2-4-13(5-3-11)24(27)28)22-8-6-12(7-9-22)16(19)25/h2-5,12,14,26H,6-9H2,1H3,(H2,19,25)/t14-/m0/s1. The highest BCUT2D eigenvalue weighted by molar-refractivity contribution is 7.17. The molecule has 1 aliphatic heterocycles. The molecule has 4 rings (SSSR count). The fraction of sp³-hybridized carbons (Fsp3) is 0.389. The molecule has 0 aliphatic carbocycles. The molecule has 1 aromatic carbocycles. The van der Waals surface area contributed by atoms with Crippen LogP contribution in [0.4, 0.5) is 5.69 Å². The summed E-state index contributed by atoms with van der Waals surface area (Å²) < 4.78 is 1.41. The van der Waals surface area contributed by atoms with Crippen LogP contribution in [-0.2, 0) is 4.79 Å². The van der Waals surface area contributed by atoms with Crippen LogP contribution in [0.2, 0.25) is 0 Å². The number of nitrogens with zero attached hydrogens (tertiary/aromatic N) is 5. The smallest absolute Gasteiger partial charge is 0.269 e. The van der Waals surface area contributed by atoms with Gasteiger partial charge in [0.25, 0.3) is 5.69 Å². The number of hydrogen-bond donors (Lipinski definition) is 2. The van der Waals surface area contributed by atoms with Crippen molar-refractivity contribution in [1.82, 2.24) is 19.5 Å². The molecule has 29 heavy (non-hydrogen) atoms. The van der Waals surface area contributed by atoms with Crippen LogP contribution in [0.15, 0.2) is 24.3 Å². The van der Waals surface area contributed by atoms with Crippen molar-refractivity contribution in [1.29, 1.82) is 0 Å². The van der Waals surface area contributed by atoms with Gasteiger partial charge < -0.3 is 10.8 Å². The number of nitrogens with two attached hydrogens (primary N) is 1. The van der Waals surface area contributed by atoms with Crippen molar-refractivity contribution in [3.8, 4) is 5.88 Å². The first kappa shape index (κ1) is 19.3. The Labute approximate surface area is 169 Å². The predicted molar refractivity (Wildman–Crippen MR) is 106 cm³/mol. The molecule has 10 nitrogen and oxygen atoms in total. The molecule has 1 fully saturated rings. The van der Waals surface area contributed by atoms with Gasteiger partial charge in [0.1, 0.15) is 5.82 Å². The van der Waals surface area contributed by atoms with E-state index in [1.807, 2.05) is 0 Å². The quantitative estimate of drug-likeness (QED) is 0.479. The first-order valence-electron chi connectivity index (χ1n) is 9.18. The molecule has 0 saturated carbocycles. The number of aryl methyl sites for hydroxylation is 1. The van der Waals surface area contributed by atoms with Gasteiger partial charge in [-0.1, -0.05) is 23.5 Å². The highest BCUT2D eigenvalue weighted by atomic mass is 32.1. The van der Waals surface area contributed by atoms with Crippen LogP contribution in [0.1, 0.15) is 35.1 Å². The van der Waals surface area contributed by atoms with Gasteiger partial charge in [-0.15, -0.1) is 5.10 Å². The van der Waals surface area contributed by atoms with Crippen molar-refractivity contribution >= 4 is 27.9 Å². The van der Waals surface area contributed by atoms with Crippen molar-refractivity contribution < 1.29 is 14.8 Å². The molecule has 2 aromatic heterocycles. The molecule has 0 spiro atoms. The van der Waals surface area contributed by atoms with Gasteiger partial charge >= 0.3 is 0 Å². The number of carbonyl (C=O) groups excluding carboxylic acids is 1. The fourth-order valence-electron chi connectivity index (χ4n) is 3.77. The molecular weight excluding hydrogens is 396 g/mol. The summed E-state index contributed by atoms with van der Waals surface area (Å²) in [6.45, 7) is 2.98. The summed E-state index contributed by atoms with van der Waals surface area (Å²) in [7, 11) is 0. The zero-order chi connectivity index (χ0) is 20.7. The first-order valence-corrected chi connectivity index (χ1v) is 9.99. The van der Waals surface area contributed by atoms with Gasteiger partial charge in [-0.25, -0.2) is 4.98 Å². The lowest BCUT2D eigenvalue weighted by Crippen LogP contribution is -2.40. The Morgan fingerprint density at radius 3 is 2.55 bits per heavy atom. The molecule has 1 amide bonds. The normalized spacial score (nSPS) is 16.9. The number of aromatic hydroxyl groups is 1. The summed E-state index contributed by atoms with van der Waals surface area (Å²) in [5, 5.41) is 26.1. The van der Waals surface area contributed by atoms with E-state index < -0.39 is 4.92 Å². The van der Waals surface area contributed by atoms with Crippen LogP contribution in [0.5, 0.6) is 5.88 Å². The van der Waals surface area contributed by atoms with Crippen molar-refractivity contribution in [2.45, 2.75) is 25.8 Å².